The first kappa shape index (κ1) is 13.5. The second-order valence-corrected chi connectivity index (χ2v) is 4.78. The molecule has 0 fully saturated rings. The Kier molecular flexibility index (Phi) is 3.79. The molecule has 106 valence electrons. The fourth-order valence-corrected chi connectivity index (χ4v) is 2.41. The molecule has 3 nitrogen and oxygen atoms in total. The quantitative estimate of drug-likeness (QED) is 0.794. The molecule has 0 aliphatic carbocycles. The van der Waals surface area contributed by atoms with E-state index in [1.54, 1.807) is 23.0 Å². The van der Waals surface area contributed by atoms with Crippen LogP contribution in [0.4, 0.5) is 4.39 Å². The van der Waals surface area contributed by atoms with Crippen molar-refractivity contribution in [3.05, 3.63) is 72.2 Å². The first-order valence-corrected chi connectivity index (χ1v) is 6.83. The Morgan fingerprint density at radius 3 is 2.48 bits per heavy atom. The average molecular weight is 281 g/mol. The van der Waals surface area contributed by atoms with Crippen LogP contribution in [0.25, 0.3) is 16.9 Å². The predicted molar refractivity (Wildman–Crippen MR) is 81.7 cm³/mol. The van der Waals surface area contributed by atoms with E-state index in [-0.39, 0.29) is 5.82 Å². The fourth-order valence-electron chi connectivity index (χ4n) is 2.41. The molecule has 0 atom stereocenters. The molecule has 2 aromatic carbocycles. The number of benzene rings is 2. The molecule has 0 amide bonds. The molecule has 1 aromatic heterocycles. The molecule has 0 bridgehead atoms. The van der Waals surface area contributed by atoms with Crippen molar-refractivity contribution in [1.29, 1.82) is 0 Å². The van der Waals surface area contributed by atoms with Gasteiger partial charge in [0, 0.05) is 17.7 Å². The van der Waals surface area contributed by atoms with Crippen molar-refractivity contribution < 1.29 is 4.39 Å². The number of nitrogens with zero attached hydrogens (tertiary/aromatic N) is 2. The number of para-hydroxylation sites is 1. The van der Waals surface area contributed by atoms with E-state index in [1.165, 1.54) is 6.07 Å². The van der Waals surface area contributed by atoms with Crippen LogP contribution in [0.2, 0.25) is 0 Å². The minimum absolute atomic E-state index is 0.284. The minimum atomic E-state index is -0.284. The van der Waals surface area contributed by atoms with Gasteiger partial charge in [-0.15, -0.1) is 0 Å². The normalized spacial score (nSPS) is 10.8. The Hall–Kier alpha value is -2.46. The number of nitrogens with one attached hydrogen (secondary N) is 1. The topological polar surface area (TPSA) is 29.9 Å². The summed E-state index contributed by atoms with van der Waals surface area (Å²) >= 11 is 0. The average Bonchev–Trinajstić information content (AvgIpc) is 2.92. The Balaban J connectivity index is 2.21. The second-order valence-electron chi connectivity index (χ2n) is 4.78. The molecule has 0 saturated carbocycles. The van der Waals surface area contributed by atoms with Gasteiger partial charge in [0.15, 0.2) is 0 Å². The number of hydrogen-bond acceptors (Lipinski definition) is 2. The maximum absolute atomic E-state index is 14.1. The number of rotatable bonds is 4. The van der Waals surface area contributed by atoms with Crippen molar-refractivity contribution in [2.24, 2.45) is 0 Å². The van der Waals surface area contributed by atoms with Crippen LogP contribution in [-0.2, 0) is 6.54 Å². The van der Waals surface area contributed by atoms with Crippen molar-refractivity contribution in [2.75, 3.05) is 7.05 Å². The van der Waals surface area contributed by atoms with Crippen LogP contribution in [0, 0.1) is 5.82 Å². The molecule has 0 aliphatic heterocycles. The van der Waals surface area contributed by atoms with E-state index in [4.69, 9.17) is 0 Å². The summed E-state index contributed by atoms with van der Waals surface area (Å²) in [4.78, 5) is 0. The predicted octanol–water partition coefficient (Wildman–Crippen LogP) is 3.40. The van der Waals surface area contributed by atoms with Crippen LogP contribution in [0.5, 0.6) is 0 Å². The second kappa shape index (κ2) is 5.89. The Bertz CT molecular complexity index is 735. The third kappa shape index (κ3) is 2.58. The van der Waals surface area contributed by atoms with Gasteiger partial charge in [-0.05, 0) is 19.2 Å². The minimum Gasteiger partial charge on any atom is -0.316 e. The molecule has 3 rings (SSSR count). The lowest BCUT2D eigenvalue weighted by atomic mass is 10.1. The summed E-state index contributed by atoms with van der Waals surface area (Å²) in [7, 11) is 1.88. The number of aromatic nitrogens is 2. The first-order chi connectivity index (χ1) is 10.3. The lowest BCUT2D eigenvalue weighted by Gasteiger charge is -2.10. The van der Waals surface area contributed by atoms with Crippen LogP contribution < -0.4 is 5.32 Å². The highest BCUT2D eigenvalue weighted by molar-refractivity contribution is 5.65. The standard InChI is InChI=1S/C17H16FN3/c1-19-11-14-12-20-21(16-10-6-5-9-15(16)18)17(14)13-7-3-2-4-8-13/h2-10,12,19H,11H2,1H3. The molecule has 4 heteroatoms. The van der Waals surface area contributed by atoms with Gasteiger partial charge in [0.1, 0.15) is 11.5 Å². The summed E-state index contributed by atoms with van der Waals surface area (Å²) in [6, 6.07) is 16.6. The summed E-state index contributed by atoms with van der Waals surface area (Å²) in [6.45, 7) is 0.679. The maximum Gasteiger partial charge on any atom is 0.148 e. The van der Waals surface area contributed by atoms with E-state index in [0.29, 0.717) is 12.2 Å². The molecule has 0 spiro atoms. The lowest BCUT2D eigenvalue weighted by molar-refractivity contribution is 0.611. The van der Waals surface area contributed by atoms with Crippen molar-refractivity contribution >= 4 is 0 Å². The smallest absolute Gasteiger partial charge is 0.148 e. The molecular formula is C17H16FN3. The van der Waals surface area contributed by atoms with E-state index in [0.717, 1.165) is 16.8 Å². The van der Waals surface area contributed by atoms with Gasteiger partial charge in [-0.25, -0.2) is 9.07 Å². The molecule has 0 aliphatic rings. The highest BCUT2D eigenvalue weighted by Crippen LogP contribution is 2.27. The molecule has 0 radical (unpaired) electrons. The van der Waals surface area contributed by atoms with E-state index in [1.807, 2.05) is 43.4 Å². The van der Waals surface area contributed by atoms with Crippen molar-refractivity contribution in [2.45, 2.75) is 6.54 Å². The van der Waals surface area contributed by atoms with E-state index >= 15 is 0 Å². The summed E-state index contributed by atoms with van der Waals surface area (Å²) in [6.07, 6.45) is 1.78. The lowest BCUT2D eigenvalue weighted by Crippen LogP contribution is -2.07. The maximum atomic E-state index is 14.1. The summed E-state index contributed by atoms with van der Waals surface area (Å²) in [5, 5.41) is 7.51. The monoisotopic (exact) mass is 281 g/mol. The van der Waals surface area contributed by atoms with Crippen LogP contribution in [0.3, 0.4) is 0 Å². The number of halogens is 1. The van der Waals surface area contributed by atoms with Gasteiger partial charge < -0.3 is 5.32 Å². The van der Waals surface area contributed by atoms with Crippen LogP contribution in [0.15, 0.2) is 60.8 Å². The third-order valence-corrected chi connectivity index (χ3v) is 3.34. The molecule has 1 N–H and O–H groups in total. The Morgan fingerprint density at radius 1 is 1.05 bits per heavy atom. The number of hydrogen-bond donors (Lipinski definition) is 1. The summed E-state index contributed by atoms with van der Waals surface area (Å²) in [5.41, 5.74) is 3.42. The largest absolute Gasteiger partial charge is 0.316 e. The third-order valence-electron chi connectivity index (χ3n) is 3.34. The van der Waals surface area contributed by atoms with E-state index < -0.39 is 0 Å². The SMILES string of the molecule is CNCc1cnn(-c2ccccc2F)c1-c1ccccc1. The summed E-state index contributed by atoms with van der Waals surface area (Å²) in [5.74, 6) is -0.284. The molecular weight excluding hydrogens is 265 g/mol. The molecule has 3 aromatic rings. The molecule has 21 heavy (non-hydrogen) atoms. The van der Waals surface area contributed by atoms with Crippen LogP contribution in [0.1, 0.15) is 5.56 Å². The van der Waals surface area contributed by atoms with Gasteiger partial charge in [-0.2, -0.15) is 5.10 Å². The molecule has 0 unspecified atom stereocenters. The van der Waals surface area contributed by atoms with Gasteiger partial charge in [0.25, 0.3) is 0 Å². The van der Waals surface area contributed by atoms with E-state index in [9.17, 15) is 4.39 Å². The first-order valence-electron chi connectivity index (χ1n) is 6.83. The van der Waals surface area contributed by atoms with Gasteiger partial charge in [0.2, 0.25) is 0 Å². The zero-order valence-corrected chi connectivity index (χ0v) is 11.8. The van der Waals surface area contributed by atoms with Gasteiger partial charge in [-0.3, -0.25) is 0 Å². The van der Waals surface area contributed by atoms with Gasteiger partial charge in [0.05, 0.1) is 11.9 Å². The Morgan fingerprint density at radius 2 is 1.76 bits per heavy atom. The fraction of sp³-hybridized carbons (Fsp3) is 0.118. The van der Waals surface area contributed by atoms with Crippen molar-refractivity contribution in [3.63, 3.8) is 0 Å². The Labute approximate surface area is 123 Å². The highest BCUT2D eigenvalue weighted by atomic mass is 19.1. The highest BCUT2D eigenvalue weighted by Gasteiger charge is 2.15. The van der Waals surface area contributed by atoms with Crippen LogP contribution >= 0.6 is 0 Å². The molecule has 0 saturated heterocycles. The van der Waals surface area contributed by atoms with Crippen molar-refractivity contribution in [1.82, 2.24) is 15.1 Å². The van der Waals surface area contributed by atoms with Gasteiger partial charge in [-0.1, -0.05) is 42.5 Å². The van der Waals surface area contributed by atoms with E-state index in [2.05, 4.69) is 10.4 Å². The molecule has 1 heterocycles. The van der Waals surface area contributed by atoms with Crippen molar-refractivity contribution in [3.8, 4) is 16.9 Å². The summed E-state index contributed by atoms with van der Waals surface area (Å²) < 4.78 is 15.8. The van der Waals surface area contributed by atoms with Gasteiger partial charge >= 0.3 is 0 Å². The zero-order valence-electron chi connectivity index (χ0n) is 11.8. The van der Waals surface area contributed by atoms with Crippen LogP contribution in [-0.4, -0.2) is 16.8 Å². The zero-order chi connectivity index (χ0) is 14.7.